The third-order valence-corrected chi connectivity index (χ3v) is 4.10. The van der Waals surface area contributed by atoms with Gasteiger partial charge in [0.25, 0.3) is 0 Å². The number of carbonyl (C=O) groups excluding carboxylic acids is 1. The number of hydrogen-bond acceptors (Lipinski definition) is 5. The predicted octanol–water partition coefficient (Wildman–Crippen LogP) is 3.45. The quantitative estimate of drug-likeness (QED) is 0.853. The van der Waals surface area contributed by atoms with E-state index >= 15 is 0 Å². The average Bonchev–Trinajstić information content (AvgIpc) is 2.80. The standard InChI is InChI=1S/C13H20N2O2S/c1-17-12(16)11-9-18-13(15-11)14-10-7-5-3-2-4-6-8-10/h9-10H,2-8H2,1H3,(H,14,15). The maximum Gasteiger partial charge on any atom is 0.357 e. The molecule has 18 heavy (non-hydrogen) atoms. The molecule has 0 atom stereocenters. The maximum absolute atomic E-state index is 11.3. The van der Waals surface area contributed by atoms with E-state index in [4.69, 9.17) is 0 Å². The fourth-order valence-corrected chi connectivity index (χ4v) is 3.07. The van der Waals surface area contributed by atoms with Crippen molar-refractivity contribution in [1.82, 2.24) is 4.98 Å². The molecule has 5 heteroatoms. The molecule has 0 spiro atoms. The number of carbonyl (C=O) groups is 1. The Morgan fingerprint density at radius 3 is 2.67 bits per heavy atom. The van der Waals surface area contributed by atoms with Gasteiger partial charge < -0.3 is 10.1 Å². The van der Waals surface area contributed by atoms with E-state index in [0.29, 0.717) is 11.7 Å². The Morgan fingerprint density at radius 2 is 2.00 bits per heavy atom. The number of nitrogens with zero attached hydrogens (tertiary/aromatic N) is 1. The number of aromatic nitrogens is 1. The fourth-order valence-electron chi connectivity index (χ4n) is 2.31. The number of anilines is 1. The van der Waals surface area contributed by atoms with Gasteiger partial charge in [0.1, 0.15) is 0 Å². The summed E-state index contributed by atoms with van der Waals surface area (Å²) in [6.45, 7) is 0. The molecule has 0 amide bonds. The Hall–Kier alpha value is -1.10. The van der Waals surface area contributed by atoms with Crippen molar-refractivity contribution >= 4 is 22.4 Å². The molecule has 0 aliphatic heterocycles. The van der Waals surface area contributed by atoms with Gasteiger partial charge in [-0.15, -0.1) is 11.3 Å². The number of ether oxygens (including phenoxy) is 1. The van der Waals surface area contributed by atoms with Gasteiger partial charge in [-0.2, -0.15) is 0 Å². The highest BCUT2D eigenvalue weighted by molar-refractivity contribution is 7.13. The first-order chi connectivity index (χ1) is 8.79. The minimum Gasteiger partial charge on any atom is -0.464 e. The van der Waals surface area contributed by atoms with Gasteiger partial charge in [0.15, 0.2) is 10.8 Å². The van der Waals surface area contributed by atoms with Crippen LogP contribution in [0.1, 0.15) is 55.4 Å². The molecule has 1 aliphatic carbocycles. The molecule has 0 bridgehead atoms. The summed E-state index contributed by atoms with van der Waals surface area (Å²) in [5, 5.41) is 6.03. The van der Waals surface area contributed by atoms with E-state index in [9.17, 15) is 4.79 Å². The van der Waals surface area contributed by atoms with Crippen LogP contribution in [0.25, 0.3) is 0 Å². The van der Waals surface area contributed by atoms with Crippen LogP contribution in [0.2, 0.25) is 0 Å². The molecule has 1 heterocycles. The number of rotatable bonds is 3. The number of nitrogens with one attached hydrogen (secondary N) is 1. The second-order valence-electron chi connectivity index (χ2n) is 4.72. The van der Waals surface area contributed by atoms with E-state index in [-0.39, 0.29) is 5.97 Å². The molecule has 0 aromatic carbocycles. The fraction of sp³-hybridized carbons (Fsp3) is 0.692. The van der Waals surface area contributed by atoms with Crippen LogP contribution in [0.15, 0.2) is 5.38 Å². The van der Waals surface area contributed by atoms with Crippen LogP contribution in [0.5, 0.6) is 0 Å². The SMILES string of the molecule is COC(=O)c1csc(NC2CCCCCCC2)n1. The van der Waals surface area contributed by atoms with Crippen LogP contribution in [-0.4, -0.2) is 24.1 Å². The summed E-state index contributed by atoms with van der Waals surface area (Å²) in [7, 11) is 1.38. The topological polar surface area (TPSA) is 51.2 Å². The highest BCUT2D eigenvalue weighted by Gasteiger charge is 2.15. The lowest BCUT2D eigenvalue weighted by atomic mass is 9.97. The maximum atomic E-state index is 11.3. The van der Waals surface area contributed by atoms with Crippen molar-refractivity contribution in [2.45, 2.75) is 51.0 Å². The van der Waals surface area contributed by atoms with Gasteiger partial charge in [0.05, 0.1) is 7.11 Å². The van der Waals surface area contributed by atoms with Crippen LogP contribution in [0, 0.1) is 0 Å². The lowest BCUT2D eigenvalue weighted by molar-refractivity contribution is 0.0595. The van der Waals surface area contributed by atoms with E-state index < -0.39 is 0 Å². The zero-order chi connectivity index (χ0) is 12.8. The van der Waals surface area contributed by atoms with E-state index in [1.165, 1.54) is 63.4 Å². The summed E-state index contributed by atoms with van der Waals surface area (Å²) in [4.78, 5) is 15.6. The summed E-state index contributed by atoms with van der Waals surface area (Å²) < 4.78 is 4.65. The number of hydrogen-bond donors (Lipinski definition) is 1. The third-order valence-electron chi connectivity index (χ3n) is 3.33. The molecule has 1 aliphatic rings. The van der Waals surface area contributed by atoms with Gasteiger partial charge in [-0.1, -0.05) is 32.1 Å². The van der Waals surface area contributed by atoms with Crippen molar-refractivity contribution in [3.63, 3.8) is 0 Å². The second-order valence-corrected chi connectivity index (χ2v) is 5.57. The summed E-state index contributed by atoms with van der Waals surface area (Å²) in [6.07, 6.45) is 9.02. The van der Waals surface area contributed by atoms with Crippen molar-refractivity contribution in [2.24, 2.45) is 0 Å². The van der Waals surface area contributed by atoms with Crippen LogP contribution in [0.4, 0.5) is 5.13 Å². The van der Waals surface area contributed by atoms with Crippen LogP contribution in [0.3, 0.4) is 0 Å². The number of methoxy groups -OCH3 is 1. The van der Waals surface area contributed by atoms with E-state index in [1.54, 1.807) is 5.38 Å². The Morgan fingerprint density at radius 1 is 1.33 bits per heavy atom. The van der Waals surface area contributed by atoms with Gasteiger partial charge in [-0.05, 0) is 12.8 Å². The number of thiazole rings is 1. The smallest absolute Gasteiger partial charge is 0.357 e. The molecular formula is C13H20N2O2S. The van der Waals surface area contributed by atoms with E-state index in [2.05, 4.69) is 15.0 Å². The minimum absolute atomic E-state index is 0.364. The lowest BCUT2D eigenvalue weighted by Gasteiger charge is -2.20. The third kappa shape index (κ3) is 3.70. The summed E-state index contributed by atoms with van der Waals surface area (Å²) in [6, 6.07) is 0.502. The van der Waals surface area contributed by atoms with Crippen molar-refractivity contribution in [2.75, 3.05) is 12.4 Å². The first kappa shape index (κ1) is 13.3. The number of esters is 1. The Bertz CT molecular complexity index is 384. The van der Waals surface area contributed by atoms with Crippen molar-refractivity contribution in [3.8, 4) is 0 Å². The zero-order valence-corrected chi connectivity index (χ0v) is 11.6. The van der Waals surface area contributed by atoms with Crippen LogP contribution < -0.4 is 5.32 Å². The summed E-state index contributed by atoms with van der Waals surface area (Å²) in [5.41, 5.74) is 0.399. The van der Waals surface area contributed by atoms with Crippen molar-refractivity contribution < 1.29 is 9.53 Å². The van der Waals surface area contributed by atoms with Gasteiger partial charge in [0.2, 0.25) is 0 Å². The Kier molecular flexibility index (Phi) is 4.99. The average molecular weight is 268 g/mol. The van der Waals surface area contributed by atoms with Gasteiger partial charge in [0, 0.05) is 11.4 Å². The monoisotopic (exact) mass is 268 g/mol. The molecular weight excluding hydrogens is 248 g/mol. The van der Waals surface area contributed by atoms with Crippen molar-refractivity contribution in [1.29, 1.82) is 0 Å². The zero-order valence-electron chi connectivity index (χ0n) is 10.8. The lowest BCUT2D eigenvalue weighted by Crippen LogP contribution is -2.20. The van der Waals surface area contributed by atoms with Crippen molar-refractivity contribution in [3.05, 3.63) is 11.1 Å². The van der Waals surface area contributed by atoms with Gasteiger partial charge in [-0.25, -0.2) is 9.78 Å². The highest BCUT2D eigenvalue weighted by Crippen LogP contribution is 2.23. The molecule has 1 aromatic rings. The Balaban J connectivity index is 1.91. The normalized spacial score (nSPS) is 17.8. The largest absolute Gasteiger partial charge is 0.464 e. The van der Waals surface area contributed by atoms with Crippen LogP contribution in [-0.2, 0) is 4.74 Å². The van der Waals surface area contributed by atoms with Gasteiger partial charge >= 0.3 is 5.97 Å². The molecule has 1 fully saturated rings. The molecule has 1 N–H and O–H groups in total. The highest BCUT2D eigenvalue weighted by atomic mass is 32.1. The predicted molar refractivity (Wildman–Crippen MR) is 73.2 cm³/mol. The van der Waals surface area contributed by atoms with Crippen LogP contribution >= 0.6 is 11.3 Å². The minimum atomic E-state index is -0.364. The van der Waals surface area contributed by atoms with Gasteiger partial charge in [-0.3, -0.25) is 0 Å². The molecule has 2 rings (SSSR count). The first-order valence-electron chi connectivity index (χ1n) is 6.60. The first-order valence-corrected chi connectivity index (χ1v) is 7.48. The molecule has 1 aromatic heterocycles. The van der Waals surface area contributed by atoms with E-state index in [1.807, 2.05) is 0 Å². The summed E-state index contributed by atoms with van der Waals surface area (Å²) in [5.74, 6) is -0.364. The Labute approximate surface area is 112 Å². The second kappa shape index (κ2) is 6.73. The summed E-state index contributed by atoms with van der Waals surface area (Å²) >= 11 is 1.48. The molecule has 1 saturated carbocycles. The molecule has 100 valence electrons. The molecule has 0 radical (unpaired) electrons. The van der Waals surface area contributed by atoms with E-state index in [0.717, 1.165) is 5.13 Å². The molecule has 0 unspecified atom stereocenters. The molecule has 0 saturated heterocycles. The molecule has 4 nitrogen and oxygen atoms in total.